The zero-order chi connectivity index (χ0) is 7.28. The number of aliphatic hydroxyl groups excluding tert-OH is 1. The van der Waals surface area contributed by atoms with Crippen molar-refractivity contribution in [1.82, 2.24) is 0 Å². The van der Waals surface area contributed by atoms with E-state index in [0.29, 0.717) is 6.42 Å². The van der Waals surface area contributed by atoms with Gasteiger partial charge in [-0.05, 0) is 6.42 Å². The predicted molar refractivity (Wildman–Crippen MR) is 28.6 cm³/mol. The minimum Gasteiger partial charge on any atom is -0.481 e. The molecule has 0 aromatic heterocycles. The lowest BCUT2D eigenvalue weighted by Gasteiger charge is -2.00. The van der Waals surface area contributed by atoms with Crippen molar-refractivity contribution in [2.45, 2.75) is 25.9 Å². The first-order valence-electron chi connectivity index (χ1n) is 2.95. The quantitative estimate of drug-likeness (QED) is 0.559. The van der Waals surface area contributed by atoms with Crippen LogP contribution in [0.2, 0.25) is 0 Å². The SMILES string of the molecule is [2H]OC(=O)CC(O)CC. The Hall–Kier alpha value is -0.570. The predicted octanol–water partition coefficient (Wildman–Crippen LogP) is 0.232. The van der Waals surface area contributed by atoms with Crippen LogP contribution in [0.1, 0.15) is 19.8 Å². The smallest absolute Gasteiger partial charge is 0.305 e. The molecule has 3 heteroatoms. The Balaban J connectivity index is 3.34. The summed E-state index contributed by atoms with van der Waals surface area (Å²) >= 11 is 0. The Kier molecular flexibility index (Phi) is 2.39. The fraction of sp³-hybridized carbons (Fsp3) is 0.800. The molecule has 0 aliphatic carbocycles. The van der Waals surface area contributed by atoms with Crippen LogP contribution in [0.3, 0.4) is 0 Å². The molecule has 0 fully saturated rings. The third-order valence-electron chi connectivity index (χ3n) is 0.874. The monoisotopic (exact) mass is 119 g/mol. The topological polar surface area (TPSA) is 57.5 Å². The van der Waals surface area contributed by atoms with Crippen molar-refractivity contribution in [3.8, 4) is 0 Å². The average Bonchev–Trinajstić information content (AvgIpc) is 1.87. The molecule has 8 heavy (non-hydrogen) atoms. The van der Waals surface area contributed by atoms with Gasteiger partial charge in [-0.3, -0.25) is 4.79 Å². The van der Waals surface area contributed by atoms with Crippen LogP contribution in [-0.2, 0) is 4.79 Å². The molecule has 0 bridgehead atoms. The van der Waals surface area contributed by atoms with E-state index in [0.717, 1.165) is 0 Å². The van der Waals surface area contributed by atoms with Gasteiger partial charge in [0, 0.05) is 0 Å². The van der Waals surface area contributed by atoms with Crippen LogP contribution in [0.4, 0.5) is 0 Å². The molecule has 0 radical (unpaired) electrons. The van der Waals surface area contributed by atoms with Gasteiger partial charge in [0.2, 0.25) is 0 Å². The molecule has 0 heterocycles. The van der Waals surface area contributed by atoms with Crippen molar-refractivity contribution in [2.75, 3.05) is 0 Å². The standard InChI is InChI=1S/C5H10O3/c1-2-4(6)3-5(7)8/h4,6H,2-3H2,1H3,(H,7,8)/i/hD. The van der Waals surface area contributed by atoms with E-state index in [1.54, 1.807) is 6.92 Å². The highest BCUT2D eigenvalue weighted by atomic mass is 16.4. The zero-order valence-electron chi connectivity index (χ0n) is 5.76. The Labute approximate surface area is 49.4 Å². The maximum Gasteiger partial charge on any atom is 0.305 e. The fourth-order valence-corrected chi connectivity index (χ4v) is 0.337. The average molecular weight is 119 g/mol. The van der Waals surface area contributed by atoms with Gasteiger partial charge in [0.15, 0.2) is 0 Å². The normalized spacial score (nSPS) is 14.5. The Morgan fingerprint density at radius 1 is 2.00 bits per heavy atom. The van der Waals surface area contributed by atoms with Gasteiger partial charge in [-0.25, -0.2) is 0 Å². The van der Waals surface area contributed by atoms with Gasteiger partial charge in [-0.2, -0.15) is 0 Å². The van der Waals surface area contributed by atoms with Gasteiger partial charge in [-0.1, -0.05) is 6.92 Å². The summed E-state index contributed by atoms with van der Waals surface area (Å²) in [5.74, 6) is -0.690. The first kappa shape index (κ1) is 5.56. The maximum absolute atomic E-state index is 10.2. The fourth-order valence-electron chi connectivity index (χ4n) is 0.337. The van der Waals surface area contributed by atoms with E-state index >= 15 is 0 Å². The molecule has 0 aromatic rings. The molecule has 1 unspecified atom stereocenters. The van der Waals surface area contributed by atoms with Crippen LogP contribution in [0.25, 0.3) is 1.43 Å². The summed E-state index contributed by atoms with van der Waals surface area (Å²) in [6, 6.07) is 0. The summed E-state index contributed by atoms with van der Waals surface area (Å²) in [4.78, 5) is 10.2. The molecular weight excluding hydrogens is 108 g/mol. The third-order valence-corrected chi connectivity index (χ3v) is 0.874. The lowest BCUT2D eigenvalue weighted by atomic mass is 10.2. The van der Waals surface area contributed by atoms with Gasteiger partial charge in [-0.15, -0.1) is 0 Å². The molecule has 3 nitrogen and oxygen atoms in total. The minimum atomic E-state index is -0.690. The first-order valence-corrected chi connectivity index (χ1v) is 2.54. The van der Waals surface area contributed by atoms with Gasteiger partial charge >= 0.3 is 5.97 Å². The van der Waals surface area contributed by atoms with Gasteiger partial charge in [0.25, 0.3) is 1.43 Å². The van der Waals surface area contributed by atoms with Crippen LogP contribution in [0.15, 0.2) is 0 Å². The summed E-state index contributed by atoms with van der Waals surface area (Å²) in [6.07, 6.45) is -0.238. The van der Waals surface area contributed by atoms with E-state index in [1.807, 2.05) is 0 Å². The molecule has 0 spiro atoms. The number of hydrogen-bond acceptors (Lipinski definition) is 3. The molecule has 48 valence electrons. The molecule has 0 aromatic carbocycles. The molecule has 0 aliphatic rings. The number of carbonyl (C=O) groups is 1. The molecule has 2 N–H and O–H groups in total. The van der Waals surface area contributed by atoms with E-state index in [2.05, 4.69) is 5.11 Å². The highest BCUT2D eigenvalue weighted by Crippen LogP contribution is 1.94. The molecule has 0 rings (SSSR count). The molecule has 0 saturated carbocycles. The number of carboxylic acids is 1. The summed E-state index contributed by atoms with van der Waals surface area (Å²) in [5, 5.41) is 12.3. The van der Waals surface area contributed by atoms with Crippen LogP contribution >= 0.6 is 0 Å². The van der Waals surface area contributed by atoms with Crippen LogP contribution in [0, 0.1) is 0 Å². The lowest BCUT2D eigenvalue weighted by Crippen LogP contribution is -2.10. The second-order valence-corrected chi connectivity index (χ2v) is 1.64. The third kappa shape index (κ3) is 3.61. The van der Waals surface area contributed by atoms with E-state index in [4.69, 9.17) is 6.54 Å². The molecule has 0 amide bonds. The van der Waals surface area contributed by atoms with Crippen molar-refractivity contribution in [2.24, 2.45) is 0 Å². The summed E-state index contributed by atoms with van der Waals surface area (Å²) in [5.41, 5.74) is 0. The summed E-state index contributed by atoms with van der Waals surface area (Å²) < 4.78 is 6.12. The Morgan fingerprint density at radius 2 is 2.62 bits per heavy atom. The number of aliphatic hydroxyl groups is 1. The highest BCUT2D eigenvalue weighted by molar-refractivity contribution is 5.67. The highest BCUT2D eigenvalue weighted by Gasteiger charge is 2.04. The van der Waals surface area contributed by atoms with E-state index in [-0.39, 0.29) is 6.42 Å². The number of rotatable bonds is 3. The van der Waals surface area contributed by atoms with E-state index in [1.165, 1.54) is 0 Å². The van der Waals surface area contributed by atoms with Crippen molar-refractivity contribution in [1.29, 1.82) is 1.43 Å². The Bertz CT molecular complexity index is 94.2. The second-order valence-electron chi connectivity index (χ2n) is 1.64. The number of aliphatic carboxylic acids is 1. The largest absolute Gasteiger partial charge is 0.481 e. The van der Waals surface area contributed by atoms with Crippen molar-refractivity contribution >= 4 is 5.97 Å². The second kappa shape index (κ2) is 3.43. The van der Waals surface area contributed by atoms with Gasteiger partial charge < -0.3 is 10.2 Å². The number of carboxylic acid groups (broad SMARTS) is 1. The lowest BCUT2D eigenvalue weighted by molar-refractivity contribution is -0.139. The van der Waals surface area contributed by atoms with Crippen LogP contribution < -0.4 is 0 Å². The summed E-state index contributed by atoms with van der Waals surface area (Å²) in [6.45, 7) is 1.75. The van der Waals surface area contributed by atoms with Crippen molar-refractivity contribution in [3.63, 3.8) is 0 Å². The molecular formula is C5H10O3. The van der Waals surface area contributed by atoms with E-state index < -0.39 is 12.1 Å². The van der Waals surface area contributed by atoms with Crippen LogP contribution in [-0.4, -0.2) is 22.3 Å². The Morgan fingerprint density at radius 3 is 3.00 bits per heavy atom. The molecule has 0 aliphatic heterocycles. The van der Waals surface area contributed by atoms with E-state index in [9.17, 15) is 4.79 Å². The maximum atomic E-state index is 10.2. The van der Waals surface area contributed by atoms with Crippen molar-refractivity contribution < 1.29 is 15.0 Å². The van der Waals surface area contributed by atoms with Gasteiger partial charge in [0.1, 0.15) is 0 Å². The number of hydrogen-bond donors (Lipinski definition) is 2. The minimum absolute atomic E-state index is 0.0833. The van der Waals surface area contributed by atoms with Gasteiger partial charge in [0.05, 0.1) is 12.5 Å². The molecule has 0 saturated heterocycles. The summed E-state index contributed by atoms with van der Waals surface area (Å²) in [7, 11) is 0. The van der Waals surface area contributed by atoms with Crippen LogP contribution in [0.5, 0.6) is 0 Å². The van der Waals surface area contributed by atoms with Crippen molar-refractivity contribution in [3.05, 3.63) is 0 Å². The zero-order valence-corrected chi connectivity index (χ0v) is 4.76. The first-order chi connectivity index (χ1) is 4.20. The molecule has 1 atom stereocenters.